The van der Waals surface area contributed by atoms with Crippen LogP contribution in [-0.2, 0) is 10.2 Å². The van der Waals surface area contributed by atoms with Crippen LogP contribution in [0.4, 0.5) is 0 Å². The molecular formula is C13H13NO3. The van der Waals surface area contributed by atoms with E-state index in [9.17, 15) is 9.90 Å². The lowest BCUT2D eigenvalue weighted by Crippen LogP contribution is -2.33. The summed E-state index contributed by atoms with van der Waals surface area (Å²) in [5, 5.41) is 10.4. The lowest BCUT2D eigenvalue weighted by atomic mass is 9.82. The molecule has 1 saturated carbocycles. The second-order valence-electron chi connectivity index (χ2n) is 4.62. The zero-order valence-electron chi connectivity index (χ0n) is 9.35. The number of aromatic nitrogens is 1. The Balaban J connectivity index is 2.14. The topological polar surface area (TPSA) is 63.3 Å². The van der Waals surface area contributed by atoms with Crippen LogP contribution in [0.25, 0.3) is 11.0 Å². The maximum Gasteiger partial charge on any atom is 0.315 e. The van der Waals surface area contributed by atoms with Crippen molar-refractivity contribution in [3.8, 4) is 0 Å². The van der Waals surface area contributed by atoms with Crippen molar-refractivity contribution in [2.24, 2.45) is 0 Å². The first-order valence-corrected chi connectivity index (χ1v) is 5.79. The van der Waals surface area contributed by atoms with Crippen molar-refractivity contribution in [1.82, 2.24) is 4.98 Å². The monoisotopic (exact) mass is 231 g/mol. The number of hydrogen-bond donors (Lipinski definition) is 1. The predicted molar refractivity (Wildman–Crippen MR) is 61.8 cm³/mol. The number of carbonyl (C=O) groups is 1. The zero-order chi connectivity index (χ0) is 11.9. The third kappa shape index (κ3) is 1.44. The van der Waals surface area contributed by atoms with Crippen LogP contribution in [0.2, 0.25) is 0 Å². The highest BCUT2D eigenvalue weighted by Crippen LogP contribution is 2.41. The minimum absolute atomic E-state index is 0.663. The van der Waals surface area contributed by atoms with Gasteiger partial charge in [-0.2, -0.15) is 0 Å². The summed E-state index contributed by atoms with van der Waals surface area (Å²) < 4.78 is 5.22. The van der Waals surface area contributed by atoms with E-state index >= 15 is 0 Å². The van der Waals surface area contributed by atoms with Crippen LogP contribution in [0, 0.1) is 0 Å². The molecule has 1 fully saturated rings. The molecule has 3 rings (SSSR count). The minimum Gasteiger partial charge on any atom is -0.481 e. The standard InChI is InChI=1S/C13H13NO3/c15-12(16)13(4-1-2-5-13)11-7-9-3-6-17-10(9)8-14-11/h3,6-8H,1-2,4-5H2,(H,15,16). The highest BCUT2D eigenvalue weighted by atomic mass is 16.4. The van der Waals surface area contributed by atoms with Gasteiger partial charge in [0.15, 0.2) is 5.58 Å². The molecule has 4 heteroatoms. The van der Waals surface area contributed by atoms with E-state index in [0.717, 1.165) is 18.2 Å². The van der Waals surface area contributed by atoms with Gasteiger partial charge >= 0.3 is 5.97 Å². The van der Waals surface area contributed by atoms with Crippen molar-refractivity contribution in [2.45, 2.75) is 31.1 Å². The van der Waals surface area contributed by atoms with Gasteiger partial charge in [-0.1, -0.05) is 12.8 Å². The fraction of sp³-hybridized carbons (Fsp3) is 0.385. The lowest BCUT2D eigenvalue weighted by molar-refractivity contribution is -0.143. The summed E-state index contributed by atoms with van der Waals surface area (Å²) in [5.41, 5.74) is 0.578. The molecule has 0 aromatic carbocycles. The van der Waals surface area contributed by atoms with E-state index in [1.54, 1.807) is 12.5 Å². The van der Waals surface area contributed by atoms with Crippen LogP contribution in [-0.4, -0.2) is 16.1 Å². The minimum atomic E-state index is -0.786. The van der Waals surface area contributed by atoms with Crippen molar-refractivity contribution in [1.29, 1.82) is 0 Å². The van der Waals surface area contributed by atoms with E-state index in [4.69, 9.17) is 4.42 Å². The molecule has 2 aromatic heterocycles. The summed E-state index contributed by atoms with van der Waals surface area (Å²) in [7, 11) is 0. The van der Waals surface area contributed by atoms with Gasteiger partial charge in [0.25, 0.3) is 0 Å². The Morgan fingerprint density at radius 1 is 1.41 bits per heavy atom. The average molecular weight is 231 g/mol. The number of carboxylic acid groups (broad SMARTS) is 1. The molecule has 1 aliphatic rings. The summed E-state index contributed by atoms with van der Waals surface area (Å²) in [4.78, 5) is 15.8. The molecule has 1 N–H and O–H groups in total. The molecule has 0 radical (unpaired) electrons. The quantitative estimate of drug-likeness (QED) is 0.863. The van der Waals surface area contributed by atoms with Crippen LogP contribution in [0.15, 0.2) is 29.0 Å². The van der Waals surface area contributed by atoms with E-state index in [1.807, 2.05) is 12.1 Å². The highest BCUT2D eigenvalue weighted by Gasteiger charge is 2.44. The van der Waals surface area contributed by atoms with Crippen LogP contribution >= 0.6 is 0 Å². The maximum atomic E-state index is 11.5. The van der Waals surface area contributed by atoms with Gasteiger partial charge in [-0.15, -0.1) is 0 Å². The summed E-state index contributed by atoms with van der Waals surface area (Å²) in [6.45, 7) is 0. The van der Waals surface area contributed by atoms with E-state index in [-0.39, 0.29) is 0 Å². The molecular weight excluding hydrogens is 218 g/mol. The number of fused-ring (bicyclic) bond motifs is 1. The SMILES string of the molecule is O=C(O)C1(c2cc3ccoc3cn2)CCCC1. The fourth-order valence-electron chi connectivity index (χ4n) is 2.69. The molecule has 0 atom stereocenters. The Kier molecular flexibility index (Phi) is 2.18. The van der Waals surface area contributed by atoms with E-state index < -0.39 is 11.4 Å². The molecule has 2 heterocycles. The molecule has 0 spiro atoms. The first kappa shape index (κ1) is 10.3. The number of pyridine rings is 1. The van der Waals surface area contributed by atoms with Gasteiger partial charge in [0.1, 0.15) is 5.41 Å². The fourth-order valence-corrected chi connectivity index (χ4v) is 2.69. The summed E-state index contributed by atoms with van der Waals surface area (Å²) in [6.07, 6.45) is 6.48. The number of hydrogen-bond acceptors (Lipinski definition) is 3. The number of carboxylic acids is 1. The number of rotatable bonds is 2. The van der Waals surface area contributed by atoms with E-state index in [1.165, 1.54) is 0 Å². The highest BCUT2D eigenvalue weighted by molar-refractivity contribution is 5.84. The van der Waals surface area contributed by atoms with Gasteiger partial charge in [-0.25, -0.2) is 0 Å². The third-order valence-corrected chi connectivity index (χ3v) is 3.70. The number of furan rings is 1. The van der Waals surface area contributed by atoms with Crippen molar-refractivity contribution in [3.05, 3.63) is 30.3 Å². The molecule has 4 nitrogen and oxygen atoms in total. The Labute approximate surface area is 98.3 Å². The molecule has 2 aromatic rings. The van der Waals surface area contributed by atoms with E-state index in [2.05, 4.69) is 4.98 Å². The lowest BCUT2D eigenvalue weighted by Gasteiger charge is -2.22. The Morgan fingerprint density at radius 3 is 2.88 bits per heavy atom. The van der Waals surface area contributed by atoms with Gasteiger partial charge < -0.3 is 9.52 Å². The summed E-state index contributed by atoms with van der Waals surface area (Å²) in [6, 6.07) is 3.68. The van der Waals surface area contributed by atoms with Crippen LogP contribution < -0.4 is 0 Å². The van der Waals surface area contributed by atoms with Crippen molar-refractivity contribution >= 4 is 16.9 Å². The van der Waals surface area contributed by atoms with Crippen LogP contribution in [0.1, 0.15) is 31.4 Å². The summed E-state index contributed by atoms with van der Waals surface area (Å²) >= 11 is 0. The van der Waals surface area contributed by atoms with Gasteiger partial charge in [0, 0.05) is 5.39 Å². The van der Waals surface area contributed by atoms with Gasteiger partial charge in [0.05, 0.1) is 18.2 Å². The zero-order valence-corrected chi connectivity index (χ0v) is 9.35. The smallest absolute Gasteiger partial charge is 0.315 e. The Morgan fingerprint density at radius 2 is 2.18 bits per heavy atom. The van der Waals surface area contributed by atoms with Crippen molar-refractivity contribution in [3.63, 3.8) is 0 Å². The second kappa shape index (κ2) is 3.58. The first-order chi connectivity index (χ1) is 8.22. The molecule has 0 saturated heterocycles. The van der Waals surface area contributed by atoms with Gasteiger partial charge in [-0.05, 0) is 25.0 Å². The van der Waals surface area contributed by atoms with Crippen LogP contribution in [0.3, 0.4) is 0 Å². The largest absolute Gasteiger partial charge is 0.481 e. The second-order valence-corrected chi connectivity index (χ2v) is 4.62. The first-order valence-electron chi connectivity index (χ1n) is 5.79. The molecule has 0 aliphatic heterocycles. The van der Waals surface area contributed by atoms with Crippen LogP contribution in [0.5, 0.6) is 0 Å². The van der Waals surface area contributed by atoms with Crippen molar-refractivity contribution in [2.75, 3.05) is 0 Å². The third-order valence-electron chi connectivity index (χ3n) is 3.70. The van der Waals surface area contributed by atoms with Crippen molar-refractivity contribution < 1.29 is 14.3 Å². The van der Waals surface area contributed by atoms with E-state index in [0.29, 0.717) is 24.1 Å². The molecule has 1 aliphatic carbocycles. The molecule has 88 valence electrons. The molecule has 17 heavy (non-hydrogen) atoms. The maximum absolute atomic E-state index is 11.5. The van der Waals surface area contributed by atoms with Gasteiger partial charge in [-0.3, -0.25) is 9.78 Å². The molecule has 0 amide bonds. The molecule has 0 bridgehead atoms. The summed E-state index contributed by atoms with van der Waals surface area (Å²) in [5.74, 6) is -0.759. The Hall–Kier alpha value is -1.84. The Bertz CT molecular complexity index is 567. The number of nitrogens with zero attached hydrogens (tertiary/aromatic N) is 1. The average Bonchev–Trinajstić information content (AvgIpc) is 2.97. The molecule has 0 unspecified atom stereocenters. The number of aliphatic carboxylic acids is 1. The predicted octanol–water partition coefficient (Wildman–Crippen LogP) is 2.72. The van der Waals surface area contributed by atoms with Gasteiger partial charge in [0.2, 0.25) is 0 Å². The normalized spacial score (nSPS) is 18.6.